The Bertz CT molecular complexity index is 989. The second-order valence-corrected chi connectivity index (χ2v) is 7.66. The zero-order valence-corrected chi connectivity index (χ0v) is 14.6. The van der Waals surface area contributed by atoms with Crippen LogP contribution in [0.15, 0.2) is 41.3 Å². The third-order valence-corrected chi connectivity index (χ3v) is 5.66. The fourth-order valence-electron chi connectivity index (χ4n) is 2.78. The van der Waals surface area contributed by atoms with Crippen LogP contribution in [0, 0.1) is 0 Å². The van der Waals surface area contributed by atoms with E-state index < -0.39 is 16.1 Å². The number of benzene rings is 2. The summed E-state index contributed by atoms with van der Waals surface area (Å²) >= 11 is 0. The molecule has 4 rings (SSSR count). The minimum atomic E-state index is -3.80. The number of rotatable bonds is 4. The molecule has 0 saturated carbocycles. The predicted molar refractivity (Wildman–Crippen MR) is 91.9 cm³/mol. The van der Waals surface area contributed by atoms with Crippen molar-refractivity contribution in [2.24, 2.45) is 0 Å². The molecule has 2 aliphatic rings. The smallest absolute Gasteiger partial charge is 0.262 e. The van der Waals surface area contributed by atoms with E-state index in [2.05, 4.69) is 10.0 Å². The van der Waals surface area contributed by atoms with Gasteiger partial charge < -0.3 is 19.5 Å². The fourth-order valence-corrected chi connectivity index (χ4v) is 4.04. The first-order valence-electron chi connectivity index (χ1n) is 7.91. The standard InChI is InChI=1S/C17H16N2O6S/c1-10(11-2-4-15-16(6-11)25-9-24-15)19-26(21,22)12-3-5-14-13(7-12)18-17(20)8-23-14/h2-7,10,19H,8-9H2,1H3,(H,18,20)/t10-/m0/s1. The predicted octanol–water partition coefficient (Wildman–Crippen LogP) is 1.79. The molecule has 9 heteroatoms. The number of hydrogen-bond acceptors (Lipinski definition) is 6. The number of hydrogen-bond donors (Lipinski definition) is 2. The molecule has 0 bridgehead atoms. The van der Waals surface area contributed by atoms with Gasteiger partial charge in [0.1, 0.15) is 5.75 Å². The molecule has 136 valence electrons. The van der Waals surface area contributed by atoms with Crippen LogP contribution in [-0.2, 0) is 14.8 Å². The van der Waals surface area contributed by atoms with E-state index in [1.807, 2.05) is 0 Å². The Morgan fingerprint density at radius 2 is 1.81 bits per heavy atom. The Morgan fingerprint density at radius 1 is 1.04 bits per heavy atom. The fraction of sp³-hybridized carbons (Fsp3) is 0.235. The molecule has 1 amide bonds. The normalized spacial score (nSPS) is 16.4. The van der Waals surface area contributed by atoms with Crippen molar-refractivity contribution in [2.75, 3.05) is 18.7 Å². The van der Waals surface area contributed by atoms with Gasteiger partial charge in [-0.05, 0) is 42.8 Å². The van der Waals surface area contributed by atoms with Gasteiger partial charge in [0.25, 0.3) is 5.91 Å². The molecule has 0 unspecified atom stereocenters. The van der Waals surface area contributed by atoms with Crippen LogP contribution >= 0.6 is 0 Å². The number of sulfonamides is 1. The first kappa shape index (κ1) is 16.7. The van der Waals surface area contributed by atoms with Crippen molar-refractivity contribution < 1.29 is 27.4 Å². The van der Waals surface area contributed by atoms with Crippen molar-refractivity contribution in [2.45, 2.75) is 17.9 Å². The zero-order chi connectivity index (χ0) is 18.3. The number of carbonyl (C=O) groups is 1. The molecule has 2 aliphatic heterocycles. The molecule has 0 aliphatic carbocycles. The summed E-state index contributed by atoms with van der Waals surface area (Å²) in [5.74, 6) is 1.33. The summed E-state index contributed by atoms with van der Waals surface area (Å²) in [5.41, 5.74) is 1.08. The Kier molecular flexibility index (Phi) is 3.97. The Hall–Kier alpha value is -2.78. The third-order valence-electron chi connectivity index (χ3n) is 4.12. The molecule has 0 spiro atoms. The van der Waals surface area contributed by atoms with E-state index >= 15 is 0 Å². The molecular formula is C17H16N2O6S. The van der Waals surface area contributed by atoms with E-state index in [4.69, 9.17) is 14.2 Å². The molecule has 0 fully saturated rings. The van der Waals surface area contributed by atoms with Gasteiger partial charge in [-0.3, -0.25) is 4.79 Å². The Labute approximate surface area is 150 Å². The highest BCUT2D eigenvalue weighted by Crippen LogP contribution is 2.35. The highest BCUT2D eigenvalue weighted by Gasteiger charge is 2.24. The highest BCUT2D eigenvalue weighted by atomic mass is 32.2. The molecule has 0 aromatic heterocycles. The minimum absolute atomic E-state index is 0.0367. The van der Waals surface area contributed by atoms with Gasteiger partial charge in [0.2, 0.25) is 16.8 Å². The minimum Gasteiger partial charge on any atom is -0.482 e. The molecule has 1 atom stereocenters. The van der Waals surface area contributed by atoms with Crippen molar-refractivity contribution in [3.05, 3.63) is 42.0 Å². The number of nitrogens with one attached hydrogen (secondary N) is 2. The maximum absolute atomic E-state index is 12.7. The van der Waals surface area contributed by atoms with Crippen LogP contribution in [0.3, 0.4) is 0 Å². The number of carbonyl (C=O) groups excluding carboxylic acids is 1. The van der Waals surface area contributed by atoms with Crippen LogP contribution in [0.5, 0.6) is 17.2 Å². The van der Waals surface area contributed by atoms with Gasteiger partial charge in [-0.2, -0.15) is 0 Å². The average molecular weight is 376 g/mol. The summed E-state index contributed by atoms with van der Waals surface area (Å²) in [7, 11) is -3.80. The molecule has 2 heterocycles. The third kappa shape index (κ3) is 3.06. The molecule has 26 heavy (non-hydrogen) atoms. The van der Waals surface area contributed by atoms with E-state index in [9.17, 15) is 13.2 Å². The molecule has 2 aromatic rings. The van der Waals surface area contributed by atoms with Crippen LogP contribution in [0.4, 0.5) is 5.69 Å². The van der Waals surface area contributed by atoms with Crippen LogP contribution < -0.4 is 24.2 Å². The summed E-state index contributed by atoms with van der Waals surface area (Å²) in [4.78, 5) is 11.5. The van der Waals surface area contributed by atoms with Gasteiger partial charge in [0, 0.05) is 6.04 Å². The van der Waals surface area contributed by atoms with E-state index in [0.717, 1.165) is 5.56 Å². The second kappa shape index (κ2) is 6.19. The SMILES string of the molecule is C[C@H](NS(=O)(=O)c1ccc2c(c1)NC(=O)CO2)c1ccc2c(c1)OCO2. The van der Waals surface area contributed by atoms with Crippen molar-refractivity contribution in [3.63, 3.8) is 0 Å². The van der Waals surface area contributed by atoms with Gasteiger partial charge in [0.05, 0.1) is 10.6 Å². The van der Waals surface area contributed by atoms with Crippen molar-refractivity contribution in [1.29, 1.82) is 0 Å². The number of amides is 1. The average Bonchev–Trinajstić information content (AvgIpc) is 3.08. The van der Waals surface area contributed by atoms with Crippen LogP contribution in [0.2, 0.25) is 0 Å². The highest BCUT2D eigenvalue weighted by molar-refractivity contribution is 7.89. The molecule has 0 saturated heterocycles. The summed E-state index contributed by atoms with van der Waals surface area (Å²) in [5, 5.41) is 2.60. The number of fused-ring (bicyclic) bond motifs is 2. The molecule has 0 radical (unpaired) electrons. The number of anilines is 1. The quantitative estimate of drug-likeness (QED) is 0.843. The summed E-state index contributed by atoms with van der Waals surface area (Å²) in [6, 6.07) is 9.11. The molecule has 2 aromatic carbocycles. The lowest BCUT2D eigenvalue weighted by Gasteiger charge is -2.19. The van der Waals surface area contributed by atoms with E-state index in [1.165, 1.54) is 18.2 Å². The maximum Gasteiger partial charge on any atom is 0.262 e. The van der Waals surface area contributed by atoms with E-state index in [0.29, 0.717) is 22.9 Å². The van der Waals surface area contributed by atoms with Crippen molar-refractivity contribution in [1.82, 2.24) is 4.72 Å². The van der Waals surface area contributed by atoms with Gasteiger partial charge >= 0.3 is 0 Å². The van der Waals surface area contributed by atoms with Gasteiger partial charge in [-0.1, -0.05) is 6.07 Å². The lowest BCUT2D eigenvalue weighted by molar-refractivity contribution is -0.118. The van der Waals surface area contributed by atoms with Gasteiger partial charge in [-0.25, -0.2) is 13.1 Å². The van der Waals surface area contributed by atoms with E-state index in [-0.39, 0.29) is 24.2 Å². The Morgan fingerprint density at radius 3 is 2.65 bits per heavy atom. The van der Waals surface area contributed by atoms with Gasteiger partial charge in [0.15, 0.2) is 18.1 Å². The van der Waals surface area contributed by atoms with Crippen molar-refractivity contribution in [3.8, 4) is 17.2 Å². The molecule has 2 N–H and O–H groups in total. The van der Waals surface area contributed by atoms with Crippen LogP contribution in [-0.4, -0.2) is 27.7 Å². The van der Waals surface area contributed by atoms with Crippen LogP contribution in [0.25, 0.3) is 0 Å². The first-order valence-corrected chi connectivity index (χ1v) is 9.39. The molecular weight excluding hydrogens is 360 g/mol. The monoisotopic (exact) mass is 376 g/mol. The number of ether oxygens (including phenoxy) is 3. The van der Waals surface area contributed by atoms with Gasteiger partial charge in [-0.15, -0.1) is 0 Å². The lowest BCUT2D eigenvalue weighted by atomic mass is 10.1. The topological polar surface area (TPSA) is 103 Å². The Balaban J connectivity index is 1.57. The second-order valence-electron chi connectivity index (χ2n) is 5.95. The first-order chi connectivity index (χ1) is 12.4. The molecule has 8 nitrogen and oxygen atoms in total. The lowest BCUT2D eigenvalue weighted by Crippen LogP contribution is -2.28. The maximum atomic E-state index is 12.7. The van der Waals surface area contributed by atoms with Crippen molar-refractivity contribution >= 4 is 21.6 Å². The summed E-state index contributed by atoms with van der Waals surface area (Å²) in [6.45, 7) is 1.80. The zero-order valence-electron chi connectivity index (χ0n) is 13.8. The van der Waals surface area contributed by atoms with Crippen LogP contribution in [0.1, 0.15) is 18.5 Å². The summed E-state index contributed by atoms with van der Waals surface area (Å²) < 4.78 is 43.8. The largest absolute Gasteiger partial charge is 0.482 e. The van der Waals surface area contributed by atoms with E-state index in [1.54, 1.807) is 25.1 Å². The summed E-state index contributed by atoms with van der Waals surface area (Å²) in [6.07, 6.45) is 0.